The van der Waals surface area contributed by atoms with Gasteiger partial charge in [0.15, 0.2) is 0 Å². The predicted molar refractivity (Wildman–Crippen MR) is 86.4 cm³/mol. The van der Waals surface area contributed by atoms with Crippen LogP contribution in [-0.2, 0) is 11.3 Å². The van der Waals surface area contributed by atoms with Gasteiger partial charge in [0.25, 0.3) is 0 Å². The molecule has 0 bridgehead atoms. The van der Waals surface area contributed by atoms with E-state index in [0.717, 1.165) is 18.2 Å². The molecule has 2 aromatic heterocycles. The molecule has 3 heterocycles. The highest BCUT2D eigenvalue weighted by molar-refractivity contribution is 5.78. The van der Waals surface area contributed by atoms with E-state index in [9.17, 15) is 13.6 Å². The van der Waals surface area contributed by atoms with E-state index in [4.69, 9.17) is 4.52 Å². The topological polar surface area (TPSA) is 72.1 Å². The summed E-state index contributed by atoms with van der Waals surface area (Å²) in [5.74, 6) is -0.717. The molecular formula is C18H14F2N4O2. The number of aromatic nitrogens is 3. The third kappa shape index (κ3) is 3.05. The Hall–Kier alpha value is -3.16. The van der Waals surface area contributed by atoms with Crippen LogP contribution < -0.4 is 0 Å². The SMILES string of the molecule is O=C1CCC(c2nc(-c3ccccn3)no2)N1Cc1cc(F)ccc1F. The van der Waals surface area contributed by atoms with Gasteiger partial charge in [-0.15, -0.1) is 0 Å². The number of rotatable bonds is 4. The van der Waals surface area contributed by atoms with Crippen molar-refractivity contribution in [3.8, 4) is 11.5 Å². The van der Waals surface area contributed by atoms with Crippen LogP contribution in [0.25, 0.3) is 11.5 Å². The zero-order valence-corrected chi connectivity index (χ0v) is 13.6. The van der Waals surface area contributed by atoms with Crippen LogP contribution >= 0.6 is 0 Å². The summed E-state index contributed by atoms with van der Waals surface area (Å²) in [6, 6.07) is 8.02. The van der Waals surface area contributed by atoms with E-state index in [1.807, 2.05) is 0 Å². The van der Waals surface area contributed by atoms with Crippen molar-refractivity contribution < 1.29 is 18.1 Å². The van der Waals surface area contributed by atoms with Crippen LogP contribution in [0.4, 0.5) is 8.78 Å². The van der Waals surface area contributed by atoms with E-state index in [2.05, 4.69) is 15.1 Å². The first-order valence-electron chi connectivity index (χ1n) is 8.10. The van der Waals surface area contributed by atoms with Gasteiger partial charge in [-0.05, 0) is 36.8 Å². The Bertz CT molecular complexity index is 945. The standard InChI is InChI=1S/C18H14F2N4O2/c19-12-4-5-13(20)11(9-12)10-24-15(6-7-16(24)25)18-22-17(23-26-18)14-3-1-2-8-21-14/h1-5,8-9,15H,6-7,10H2. The van der Waals surface area contributed by atoms with Crippen LogP contribution in [0.5, 0.6) is 0 Å². The van der Waals surface area contributed by atoms with Gasteiger partial charge in [0.05, 0.1) is 0 Å². The first-order valence-corrected chi connectivity index (χ1v) is 8.10. The molecule has 0 spiro atoms. The highest BCUT2D eigenvalue weighted by Gasteiger charge is 2.36. The highest BCUT2D eigenvalue weighted by Crippen LogP contribution is 2.34. The van der Waals surface area contributed by atoms with Crippen LogP contribution in [0.3, 0.4) is 0 Å². The summed E-state index contributed by atoms with van der Waals surface area (Å²) in [4.78, 5) is 22.2. The quantitative estimate of drug-likeness (QED) is 0.717. The van der Waals surface area contributed by atoms with Crippen LogP contribution in [-0.4, -0.2) is 25.9 Å². The molecule has 26 heavy (non-hydrogen) atoms. The van der Waals surface area contributed by atoms with Gasteiger partial charge in [-0.1, -0.05) is 11.2 Å². The van der Waals surface area contributed by atoms with Crippen LogP contribution in [0.2, 0.25) is 0 Å². The molecule has 1 saturated heterocycles. The number of halogens is 2. The van der Waals surface area contributed by atoms with Gasteiger partial charge >= 0.3 is 0 Å². The first-order chi connectivity index (χ1) is 12.6. The van der Waals surface area contributed by atoms with Gasteiger partial charge in [0.1, 0.15) is 23.4 Å². The number of benzene rings is 1. The van der Waals surface area contributed by atoms with E-state index in [0.29, 0.717) is 17.9 Å². The average molecular weight is 356 g/mol. The maximum absolute atomic E-state index is 13.9. The molecule has 1 aromatic carbocycles. The molecule has 0 saturated carbocycles. The molecule has 0 N–H and O–H groups in total. The average Bonchev–Trinajstić information content (AvgIpc) is 3.27. The summed E-state index contributed by atoms with van der Waals surface area (Å²) in [6.45, 7) is -0.0611. The monoisotopic (exact) mass is 356 g/mol. The number of nitrogens with zero attached hydrogens (tertiary/aromatic N) is 4. The minimum Gasteiger partial charge on any atom is -0.337 e. The Morgan fingerprint density at radius 3 is 2.92 bits per heavy atom. The Balaban J connectivity index is 1.61. The van der Waals surface area contributed by atoms with E-state index >= 15 is 0 Å². The maximum Gasteiger partial charge on any atom is 0.249 e. The van der Waals surface area contributed by atoms with Gasteiger partial charge in [-0.25, -0.2) is 8.78 Å². The molecule has 0 aliphatic carbocycles. The molecule has 1 atom stereocenters. The number of carbonyl (C=O) groups is 1. The lowest BCUT2D eigenvalue weighted by molar-refractivity contribution is -0.130. The summed E-state index contributed by atoms with van der Waals surface area (Å²) in [7, 11) is 0. The lowest BCUT2D eigenvalue weighted by Crippen LogP contribution is -2.27. The molecule has 8 heteroatoms. The maximum atomic E-state index is 13.9. The zero-order valence-electron chi connectivity index (χ0n) is 13.6. The number of likely N-dealkylation sites (tertiary alicyclic amines) is 1. The molecule has 1 fully saturated rings. The molecule has 0 radical (unpaired) electrons. The Morgan fingerprint density at radius 2 is 2.12 bits per heavy atom. The van der Waals surface area contributed by atoms with Crippen molar-refractivity contribution >= 4 is 5.91 Å². The second-order valence-electron chi connectivity index (χ2n) is 5.98. The minimum absolute atomic E-state index is 0.0611. The van der Waals surface area contributed by atoms with E-state index in [1.54, 1.807) is 24.4 Å². The fourth-order valence-corrected chi connectivity index (χ4v) is 3.01. The Labute approximate surface area is 147 Å². The highest BCUT2D eigenvalue weighted by atomic mass is 19.1. The molecule has 1 aliphatic rings. The normalized spacial score (nSPS) is 17.1. The summed E-state index contributed by atoms with van der Waals surface area (Å²) < 4.78 is 32.7. The van der Waals surface area contributed by atoms with Gasteiger partial charge in [0, 0.05) is 24.7 Å². The summed E-state index contributed by atoms with van der Waals surface area (Å²) >= 11 is 0. The minimum atomic E-state index is -0.565. The van der Waals surface area contributed by atoms with Crippen molar-refractivity contribution in [3.63, 3.8) is 0 Å². The number of hydrogen-bond donors (Lipinski definition) is 0. The molecule has 1 amide bonds. The van der Waals surface area contributed by atoms with Crippen molar-refractivity contribution in [2.75, 3.05) is 0 Å². The van der Waals surface area contributed by atoms with E-state index < -0.39 is 17.7 Å². The molecule has 4 rings (SSSR count). The van der Waals surface area contributed by atoms with Crippen molar-refractivity contribution in [2.45, 2.75) is 25.4 Å². The number of amides is 1. The third-order valence-electron chi connectivity index (χ3n) is 4.30. The third-order valence-corrected chi connectivity index (χ3v) is 4.30. The van der Waals surface area contributed by atoms with E-state index in [1.165, 1.54) is 4.90 Å². The van der Waals surface area contributed by atoms with Crippen molar-refractivity contribution in [1.82, 2.24) is 20.0 Å². The van der Waals surface area contributed by atoms with E-state index in [-0.39, 0.29) is 30.3 Å². The smallest absolute Gasteiger partial charge is 0.249 e. The van der Waals surface area contributed by atoms with Gasteiger partial charge in [0.2, 0.25) is 17.6 Å². The number of pyridine rings is 1. The summed E-state index contributed by atoms with van der Waals surface area (Å²) in [6.07, 6.45) is 2.37. The number of hydrogen-bond acceptors (Lipinski definition) is 5. The fraction of sp³-hybridized carbons (Fsp3) is 0.222. The Morgan fingerprint density at radius 1 is 1.23 bits per heavy atom. The Kier molecular flexibility index (Phi) is 4.16. The second-order valence-corrected chi connectivity index (χ2v) is 5.98. The van der Waals surface area contributed by atoms with Crippen molar-refractivity contribution in [1.29, 1.82) is 0 Å². The van der Waals surface area contributed by atoms with Gasteiger partial charge in [-0.2, -0.15) is 4.98 Å². The lowest BCUT2D eigenvalue weighted by Gasteiger charge is -2.22. The predicted octanol–water partition coefficient (Wildman–Crippen LogP) is 3.27. The molecule has 3 aromatic rings. The lowest BCUT2D eigenvalue weighted by atomic mass is 10.1. The summed E-state index contributed by atoms with van der Waals surface area (Å²) in [5, 5.41) is 3.91. The van der Waals surface area contributed by atoms with Crippen LogP contribution in [0.15, 0.2) is 47.1 Å². The zero-order chi connectivity index (χ0) is 18.1. The number of carbonyl (C=O) groups excluding carboxylic acids is 1. The first kappa shape index (κ1) is 16.3. The van der Waals surface area contributed by atoms with Crippen molar-refractivity contribution in [3.05, 3.63) is 65.7 Å². The molecule has 6 nitrogen and oxygen atoms in total. The fourth-order valence-electron chi connectivity index (χ4n) is 3.01. The van der Waals surface area contributed by atoms with Crippen LogP contribution in [0.1, 0.15) is 30.3 Å². The molecule has 132 valence electrons. The van der Waals surface area contributed by atoms with Gasteiger partial charge in [-0.3, -0.25) is 9.78 Å². The summed E-state index contributed by atoms with van der Waals surface area (Å²) in [5.41, 5.74) is 0.657. The van der Waals surface area contributed by atoms with Crippen molar-refractivity contribution in [2.24, 2.45) is 0 Å². The molecule has 1 unspecified atom stereocenters. The van der Waals surface area contributed by atoms with Crippen LogP contribution in [0, 0.1) is 11.6 Å². The second kappa shape index (κ2) is 6.62. The molecular weight excluding hydrogens is 342 g/mol. The van der Waals surface area contributed by atoms with Gasteiger partial charge < -0.3 is 9.42 Å². The largest absolute Gasteiger partial charge is 0.337 e. The molecule has 1 aliphatic heterocycles.